The number of hydrogen-bond donors (Lipinski definition) is 1. The first-order valence-corrected chi connectivity index (χ1v) is 13.1. The predicted octanol–water partition coefficient (Wildman–Crippen LogP) is 3.71. The highest BCUT2D eigenvalue weighted by molar-refractivity contribution is 7.92. The fourth-order valence-corrected chi connectivity index (χ4v) is 4.78. The van der Waals surface area contributed by atoms with Gasteiger partial charge in [0.25, 0.3) is 0 Å². The molecule has 8 nitrogen and oxygen atoms in total. The molecular weight excluding hydrogens is 501 g/mol. The minimum absolute atomic E-state index is 0.0232. The molecule has 0 aliphatic rings. The van der Waals surface area contributed by atoms with Crippen LogP contribution in [0.15, 0.2) is 42.5 Å². The van der Waals surface area contributed by atoms with E-state index in [0.29, 0.717) is 10.8 Å². The molecule has 1 atom stereocenters. The third-order valence-corrected chi connectivity index (χ3v) is 6.99. The molecule has 0 heterocycles. The zero-order chi connectivity index (χ0) is 25.5. The summed E-state index contributed by atoms with van der Waals surface area (Å²) in [5, 5.41) is 3.14. The van der Waals surface area contributed by atoms with Crippen LogP contribution in [0.3, 0.4) is 0 Å². The summed E-state index contributed by atoms with van der Waals surface area (Å²) in [4.78, 5) is 26.9. The third-order valence-electron chi connectivity index (χ3n) is 5.25. The van der Waals surface area contributed by atoms with Crippen LogP contribution in [-0.4, -0.2) is 58.1 Å². The number of methoxy groups -OCH3 is 1. The molecular formula is C23H29Cl2N3O5S. The number of carbonyl (C=O) groups is 2. The fourth-order valence-electron chi connectivity index (χ4n) is 3.38. The number of rotatable bonds is 11. The van der Waals surface area contributed by atoms with Crippen LogP contribution in [0.4, 0.5) is 5.69 Å². The second kappa shape index (κ2) is 12.3. The Morgan fingerprint density at radius 1 is 1.12 bits per heavy atom. The Bertz CT molecular complexity index is 1110. The zero-order valence-electron chi connectivity index (χ0n) is 19.5. The van der Waals surface area contributed by atoms with Crippen LogP contribution in [0.5, 0.6) is 5.75 Å². The molecule has 0 fully saturated rings. The first-order chi connectivity index (χ1) is 16.0. The number of sulfonamides is 1. The van der Waals surface area contributed by atoms with E-state index in [1.54, 1.807) is 32.2 Å². The number of nitrogens with one attached hydrogen (secondary N) is 1. The molecule has 11 heteroatoms. The van der Waals surface area contributed by atoms with Crippen molar-refractivity contribution < 1.29 is 22.7 Å². The summed E-state index contributed by atoms with van der Waals surface area (Å²) in [6, 6.07) is 11.0. The molecule has 2 aromatic rings. The number of anilines is 1. The minimum Gasteiger partial charge on any atom is -0.497 e. The highest BCUT2D eigenvalue weighted by atomic mass is 35.5. The first kappa shape index (κ1) is 27.8. The maximum Gasteiger partial charge on any atom is 0.242 e. The lowest BCUT2D eigenvalue weighted by molar-refractivity contribution is -0.140. The number of hydrogen-bond acceptors (Lipinski definition) is 5. The SMILES string of the molecule is CNC(=O)[C@@H](C)N(Cc1ccc(OC)cc1)C(=O)CCCN(c1cc(Cl)ccc1Cl)S(C)(=O)=O. The average molecular weight is 530 g/mol. The van der Waals surface area contributed by atoms with Crippen molar-refractivity contribution in [2.45, 2.75) is 32.4 Å². The van der Waals surface area contributed by atoms with Crippen LogP contribution in [0.2, 0.25) is 10.0 Å². The number of halogens is 2. The molecule has 1 N–H and O–H groups in total. The summed E-state index contributed by atoms with van der Waals surface area (Å²) >= 11 is 12.2. The highest BCUT2D eigenvalue weighted by Crippen LogP contribution is 2.31. The van der Waals surface area contributed by atoms with E-state index < -0.39 is 16.1 Å². The van der Waals surface area contributed by atoms with Crippen molar-refractivity contribution in [3.05, 3.63) is 58.1 Å². The van der Waals surface area contributed by atoms with Crippen molar-refractivity contribution in [1.82, 2.24) is 10.2 Å². The van der Waals surface area contributed by atoms with E-state index in [4.69, 9.17) is 27.9 Å². The van der Waals surface area contributed by atoms with E-state index in [2.05, 4.69) is 5.32 Å². The van der Waals surface area contributed by atoms with Gasteiger partial charge in [-0.05, 0) is 49.2 Å². The smallest absolute Gasteiger partial charge is 0.242 e. The lowest BCUT2D eigenvalue weighted by Crippen LogP contribution is -2.46. The van der Waals surface area contributed by atoms with Gasteiger partial charge >= 0.3 is 0 Å². The van der Waals surface area contributed by atoms with Gasteiger partial charge in [0, 0.05) is 31.6 Å². The fraction of sp³-hybridized carbons (Fsp3) is 0.391. The third kappa shape index (κ3) is 7.51. The molecule has 186 valence electrons. The van der Waals surface area contributed by atoms with Crippen LogP contribution < -0.4 is 14.4 Å². The number of benzene rings is 2. The summed E-state index contributed by atoms with van der Waals surface area (Å²) in [6.45, 7) is 1.89. The molecule has 0 aliphatic heterocycles. The van der Waals surface area contributed by atoms with E-state index in [0.717, 1.165) is 16.1 Å². The van der Waals surface area contributed by atoms with Crippen LogP contribution in [0, 0.1) is 0 Å². The Kier molecular flexibility index (Phi) is 10.0. The van der Waals surface area contributed by atoms with Crippen molar-refractivity contribution in [1.29, 1.82) is 0 Å². The summed E-state index contributed by atoms with van der Waals surface area (Å²) in [5.41, 5.74) is 1.08. The molecule has 0 bridgehead atoms. The first-order valence-electron chi connectivity index (χ1n) is 10.5. The quantitative estimate of drug-likeness (QED) is 0.478. The molecule has 0 radical (unpaired) electrons. The lowest BCUT2D eigenvalue weighted by Gasteiger charge is -2.29. The van der Waals surface area contributed by atoms with E-state index in [9.17, 15) is 18.0 Å². The minimum atomic E-state index is -3.67. The summed E-state index contributed by atoms with van der Waals surface area (Å²) < 4.78 is 31.1. The number of ether oxygens (including phenoxy) is 1. The maximum absolute atomic E-state index is 13.1. The van der Waals surface area contributed by atoms with Gasteiger partial charge in [-0.15, -0.1) is 0 Å². The van der Waals surface area contributed by atoms with Gasteiger partial charge < -0.3 is 15.0 Å². The summed E-state index contributed by atoms with van der Waals surface area (Å²) in [7, 11) is -0.603. The molecule has 0 saturated carbocycles. The topological polar surface area (TPSA) is 96.0 Å². The van der Waals surface area contributed by atoms with Crippen molar-refractivity contribution in [3.63, 3.8) is 0 Å². The van der Waals surface area contributed by atoms with Gasteiger partial charge in [-0.2, -0.15) is 0 Å². The largest absolute Gasteiger partial charge is 0.497 e. The molecule has 2 amide bonds. The molecule has 0 unspecified atom stereocenters. The van der Waals surface area contributed by atoms with Crippen LogP contribution in [-0.2, 0) is 26.2 Å². The monoisotopic (exact) mass is 529 g/mol. The Morgan fingerprint density at radius 2 is 1.76 bits per heavy atom. The second-order valence-corrected chi connectivity index (χ2v) is 10.4. The molecule has 0 saturated heterocycles. The van der Waals surface area contributed by atoms with E-state index in [-0.39, 0.29) is 48.5 Å². The molecule has 0 spiro atoms. The van der Waals surface area contributed by atoms with Crippen molar-refractivity contribution in [2.24, 2.45) is 0 Å². The Hall–Kier alpha value is -2.49. The van der Waals surface area contributed by atoms with Crippen LogP contribution >= 0.6 is 23.2 Å². The van der Waals surface area contributed by atoms with Crippen molar-refractivity contribution >= 4 is 50.7 Å². The zero-order valence-corrected chi connectivity index (χ0v) is 21.9. The van der Waals surface area contributed by atoms with Crippen molar-refractivity contribution in [3.8, 4) is 5.75 Å². The lowest BCUT2D eigenvalue weighted by atomic mass is 10.1. The highest BCUT2D eigenvalue weighted by Gasteiger charge is 2.26. The number of amides is 2. The Labute approximate surface area is 210 Å². The molecule has 2 rings (SSSR count). The second-order valence-electron chi connectivity index (χ2n) is 7.69. The summed E-state index contributed by atoms with van der Waals surface area (Å²) in [5.74, 6) is 0.101. The van der Waals surface area contributed by atoms with Crippen LogP contribution in [0.25, 0.3) is 0 Å². The molecule has 34 heavy (non-hydrogen) atoms. The van der Waals surface area contributed by atoms with Crippen molar-refractivity contribution in [2.75, 3.05) is 31.3 Å². The van der Waals surface area contributed by atoms with Gasteiger partial charge in [0.15, 0.2) is 0 Å². The van der Waals surface area contributed by atoms with Gasteiger partial charge in [0.2, 0.25) is 21.8 Å². The standard InChI is InChI=1S/C23H29Cl2N3O5S/c1-16(23(30)26-2)27(15-17-7-10-19(33-3)11-8-17)22(29)6-5-13-28(34(4,31)32)21-14-18(24)9-12-20(21)25/h7-12,14,16H,5-6,13,15H2,1-4H3,(H,26,30)/t16-/m1/s1. The Morgan fingerprint density at radius 3 is 2.32 bits per heavy atom. The number of likely N-dealkylation sites (N-methyl/N-ethyl adjacent to an activating group) is 1. The Balaban J connectivity index is 2.17. The normalized spacial score (nSPS) is 12.1. The van der Waals surface area contributed by atoms with E-state index in [1.165, 1.54) is 24.1 Å². The summed E-state index contributed by atoms with van der Waals surface area (Å²) in [6.07, 6.45) is 1.31. The van der Waals surface area contributed by atoms with Gasteiger partial charge in [0.1, 0.15) is 11.8 Å². The predicted molar refractivity (Wildman–Crippen MR) is 135 cm³/mol. The molecule has 0 aliphatic carbocycles. The average Bonchev–Trinajstić information content (AvgIpc) is 2.80. The van der Waals surface area contributed by atoms with Gasteiger partial charge in [0.05, 0.1) is 24.1 Å². The molecule has 2 aromatic carbocycles. The van der Waals surface area contributed by atoms with Gasteiger partial charge in [-0.25, -0.2) is 8.42 Å². The van der Waals surface area contributed by atoms with E-state index >= 15 is 0 Å². The van der Waals surface area contributed by atoms with Crippen LogP contribution in [0.1, 0.15) is 25.3 Å². The van der Waals surface area contributed by atoms with Gasteiger partial charge in [-0.1, -0.05) is 35.3 Å². The number of nitrogens with zero attached hydrogens (tertiary/aromatic N) is 2. The molecule has 0 aromatic heterocycles. The number of carbonyl (C=O) groups excluding carboxylic acids is 2. The maximum atomic E-state index is 13.1. The van der Waals surface area contributed by atoms with E-state index in [1.807, 2.05) is 12.1 Å². The van der Waals surface area contributed by atoms with Gasteiger partial charge in [-0.3, -0.25) is 13.9 Å².